The van der Waals surface area contributed by atoms with Crippen LogP contribution in [0.25, 0.3) is 0 Å². The van der Waals surface area contributed by atoms with E-state index >= 15 is 0 Å². The van der Waals surface area contributed by atoms with Crippen LogP contribution in [0.3, 0.4) is 0 Å². The van der Waals surface area contributed by atoms with E-state index in [1.807, 2.05) is 36.9 Å². The maximum absolute atomic E-state index is 12.4. The van der Waals surface area contributed by atoms with Gasteiger partial charge in [0.05, 0.1) is 0 Å². The number of hydrogen-bond acceptors (Lipinski definition) is 2. The van der Waals surface area contributed by atoms with Crippen LogP contribution in [0, 0.1) is 5.92 Å². The van der Waals surface area contributed by atoms with Crippen LogP contribution >= 0.6 is 0 Å². The second-order valence-corrected chi connectivity index (χ2v) is 6.17. The van der Waals surface area contributed by atoms with Crippen LogP contribution in [-0.2, 0) is 0 Å². The van der Waals surface area contributed by atoms with Crippen molar-refractivity contribution in [2.24, 2.45) is 5.92 Å². The number of amides is 1. The quantitative estimate of drug-likeness (QED) is 0.882. The second kappa shape index (κ2) is 7.48. The van der Waals surface area contributed by atoms with Crippen molar-refractivity contribution in [1.82, 2.24) is 4.90 Å². The highest BCUT2D eigenvalue weighted by atomic mass is 16.2. The molecule has 2 unspecified atom stereocenters. The minimum Gasteiger partial charge on any atom is -0.382 e. The number of benzene rings is 1. The molecular weight excluding hydrogens is 260 g/mol. The van der Waals surface area contributed by atoms with Gasteiger partial charge >= 0.3 is 0 Å². The lowest BCUT2D eigenvalue weighted by molar-refractivity contribution is 0.0773. The largest absolute Gasteiger partial charge is 0.382 e. The molecule has 2 atom stereocenters. The summed E-state index contributed by atoms with van der Waals surface area (Å²) in [5.74, 6) is 0.928. The normalized spacial score (nSPS) is 21.9. The predicted octanol–water partition coefficient (Wildman–Crippen LogP) is 4.16. The van der Waals surface area contributed by atoms with Crippen LogP contribution in [0.15, 0.2) is 24.3 Å². The first-order chi connectivity index (χ1) is 10.1. The van der Waals surface area contributed by atoms with E-state index in [4.69, 9.17) is 0 Å². The first-order valence-electron chi connectivity index (χ1n) is 8.29. The molecule has 21 heavy (non-hydrogen) atoms. The molecule has 0 spiro atoms. The van der Waals surface area contributed by atoms with Gasteiger partial charge in [0, 0.05) is 30.4 Å². The third-order valence-corrected chi connectivity index (χ3v) is 4.47. The van der Waals surface area contributed by atoms with E-state index in [9.17, 15) is 4.79 Å². The van der Waals surface area contributed by atoms with Crippen LogP contribution in [0.1, 0.15) is 56.8 Å². The van der Waals surface area contributed by atoms with E-state index in [1.54, 1.807) is 0 Å². The Labute approximate surface area is 128 Å². The fourth-order valence-corrected chi connectivity index (χ4v) is 3.24. The Bertz CT molecular complexity index is 468. The predicted molar refractivity (Wildman–Crippen MR) is 88.7 cm³/mol. The van der Waals surface area contributed by atoms with Crippen molar-refractivity contribution in [1.29, 1.82) is 0 Å². The first kappa shape index (κ1) is 15.9. The van der Waals surface area contributed by atoms with Crippen molar-refractivity contribution in [3.63, 3.8) is 0 Å². The summed E-state index contributed by atoms with van der Waals surface area (Å²) in [5, 5.41) is 3.61. The summed E-state index contributed by atoms with van der Waals surface area (Å²) in [5.41, 5.74) is 1.86. The highest BCUT2D eigenvalue weighted by Crippen LogP contribution is 2.26. The zero-order chi connectivity index (χ0) is 15.2. The summed E-state index contributed by atoms with van der Waals surface area (Å²) < 4.78 is 0. The van der Waals surface area contributed by atoms with Gasteiger partial charge in [-0.05, 0) is 50.8 Å². The van der Waals surface area contributed by atoms with Gasteiger partial charge in [-0.25, -0.2) is 0 Å². The van der Waals surface area contributed by atoms with Crippen molar-refractivity contribution in [2.45, 2.75) is 52.5 Å². The summed E-state index contributed by atoms with van der Waals surface area (Å²) in [6.45, 7) is 7.88. The Kier molecular flexibility index (Phi) is 5.66. The molecule has 3 nitrogen and oxygen atoms in total. The highest BCUT2D eigenvalue weighted by Gasteiger charge is 2.19. The molecule has 0 aromatic heterocycles. The lowest BCUT2D eigenvalue weighted by Crippen LogP contribution is -2.30. The number of carbonyl (C=O) groups excluding carboxylic acids is 1. The molecule has 0 heterocycles. The molecule has 0 saturated heterocycles. The van der Waals surface area contributed by atoms with Gasteiger partial charge in [0.2, 0.25) is 0 Å². The standard InChI is InChI=1S/C18H28N2O/c1-4-20(5-2)18(21)15-9-7-11-17(13-15)19-16-10-6-8-14(3)12-16/h7,9,11,13-14,16,19H,4-6,8,10,12H2,1-3H3. The molecule has 1 aliphatic rings. The molecule has 1 N–H and O–H groups in total. The molecule has 116 valence electrons. The van der Waals surface area contributed by atoms with Crippen molar-refractivity contribution in [2.75, 3.05) is 18.4 Å². The minimum atomic E-state index is 0.126. The third-order valence-electron chi connectivity index (χ3n) is 4.47. The smallest absolute Gasteiger partial charge is 0.253 e. The Morgan fingerprint density at radius 3 is 2.71 bits per heavy atom. The lowest BCUT2D eigenvalue weighted by Gasteiger charge is -2.28. The van der Waals surface area contributed by atoms with Crippen LogP contribution in [0.4, 0.5) is 5.69 Å². The van der Waals surface area contributed by atoms with Crippen LogP contribution in [-0.4, -0.2) is 29.9 Å². The van der Waals surface area contributed by atoms with Crippen molar-refractivity contribution in [3.8, 4) is 0 Å². The maximum Gasteiger partial charge on any atom is 0.253 e. The number of nitrogens with zero attached hydrogens (tertiary/aromatic N) is 1. The SMILES string of the molecule is CCN(CC)C(=O)c1cccc(NC2CCCC(C)C2)c1. The fraction of sp³-hybridized carbons (Fsp3) is 0.611. The van der Waals surface area contributed by atoms with Gasteiger partial charge in [-0.2, -0.15) is 0 Å². The van der Waals surface area contributed by atoms with Gasteiger partial charge in [0.1, 0.15) is 0 Å². The van der Waals surface area contributed by atoms with Gasteiger partial charge in [-0.15, -0.1) is 0 Å². The van der Waals surface area contributed by atoms with E-state index in [-0.39, 0.29) is 5.91 Å². The zero-order valence-electron chi connectivity index (χ0n) is 13.6. The molecule has 0 radical (unpaired) electrons. The number of anilines is 1. The van der Waals surface area contributed by atoms with E-state index < -0.39 is 0 Å². The molecule has 1 aromatic carbocycles. The molecule has 2 rings (SSSR count). The zero-order valence-corrected chi connectivity index (χ0v) is 13.6. The highest BCUT2D eigenvalue weighted by molar-refractivity contribution is 5.95. The molecule has 0 aliphatic heterocycles. The summed E-state index contributed by atoms with van der Waals surface area (Å²) in [6.07, 6.45) is 5.11. The number of hydrogen-bond donors (Lipinski definition) is 1. The third kappa shape index (κ3) is 4.23. The molecule has 1 aromatic rings. The van der Waals surface area contributed by atoms with Crippen molar-refractivity contribution < 1.29 is 4.79 Å². The molecule has 1 saturated carbocycles. The Balaban J connectivity index is 2.05. The molecule has 0 bridgehead atoms. The van der Waals surface area contributed by atoms with Gasteiger partial charge < -0.3 is 10.2 Å². The van der Waals surface area contributed by atoms with Crippen LogP contribution < -0.4 is 5.32 Å². The Morgan fingerprint density at radius 1 is 1.29 bits per heavy atom. The van der Waals surface area contributed by atoms with Gasteiger partial charge in [-0.1, -0.05) is 25.8 Å². The average molecular weight is 288 g/mol. The van der Waals surface area contributed by atoms with Crippen LogP contribution in [0.2, 0.25) is 0 Å². The molecular formula is C18H28N2O. The summed E-state index contributed by atoms with van der Waals surface area (Å²) in [4.78, 5) is 14.3. The second-order valence-electron chi connectivity index (χ2n) is 6.17. The molecule has 3 heteroatoms. The van der Waals surface area contributed by atoms with Crippen molar-refractivity contribution >= 4 is 11.6 Å². The monoisotopic (exact) mass is 288 g/mol. The summed E-state index contributed by atoms with van der Waals surface area (Å²) >= 11 is 0. The van der Waals surface area contributed by atoms with E-state index in [0.717, 1.165) is 30.3 Å². The molecule has 1 aliphatic carbocycles. The lowest BCUT2D eigenvalue weighted by atomic mass is 9.87. The number of carbonyl (C=O) groups is 1. The van der Waals surface area contributed by atoms with E-state index in [2.05, 4.69) is 18.3 Å². The van der Waals surface area contributed by atoms with Crippen molar-refractivity contribution in [3.05, 3.63) is 29.8 Å². The Hall–Kier alpha value is -1.51. The minimum absolute atomic E-state index is 0.126. The number of nitrogens with one attached hydrogen (secondary N) is 1. The topological polar surface area (TPSA) is 32.3 Å². The summed E-state index contributed by atoms with van der Waals surface area (Å²) in [7, 11) is 0. The number of rotatable bonds is 5. The van der Waals surface area contributed by atoms with Gasteiger partial charge in [0.15, 0.2) is 0 Å². The summed E-state index contributed by atoms with van der Waals surface area (Å²) in [6, 6.07) is 8.51. The van der Waals surface area contributed by atoms with Gasteiger partial charge in [-0.3, -0.25) is 4.79 Å². The average Bonchev–Trinajstić information content (AvgIpc) is 2.48. The first-order valence-corrected chi connectivity index (χ1v) is 8.29. The molecule has 1 amide bonds. The van der Waals surface area contributed by atoms with Crippen LogP contribution in [0.5, 0.6) is 0 Å². The van der Waals surface area contributed by atoms with E-state index in [1.165, 1.54) is 25.7 Å². The fourth-order valence-electron chi connectivity index (χ4n) is 3.24. The maximum atomic E-state index is 12.4. The molecule has 1 fully saturated rings. The Morgan fingerprint density at radius 2 is 2.05 bits per heavy atom. The van der Waals surface area contributed by atoms with Gasteiger partial charge in [0.25, 0.3) is 5.91 Å². The van der Waals surface area contributed by atoms with E-state index in [0.29, 0.717) is 6.04 Å².